The summed E-state index contributed by atoms with van der Waals surface area (Å²) in [5, 5.41) is 11.8. The molecule has 0 aliphatic carbocycles. The van der Waals surface area contributed by atoms with Crippen molar-refractivity contribution in [2.24, 2.45) is 0 Å². The number of hydrogen-bond donors (Lipinski definition) is 1. The lowest BCUT2D eigenvalue weighted by Crippen LogP contribution is -2.66. The van der Waals surface area contributed by atoms with Gasteiger partial charge in [-0.15, -0.1) is 0 Å². The average molecular weight is 341 g/mol. The summed E-state index contributed by atoms with van der Waals surface area (Å²) in [6, 6.07) is 21.2. The van der Waals surface area contributed by atoms with Crippen LogP contribution in [0.4, 0.5) is 0 Å². The van der Waals surface area contributed by atoms with E-state index in [2.05, 4.69) is 69.3 Å². The van der Waals surface area contributed by atoms with Crippen LogP contribution in [0.1, 0.15) is 27.7 Å². The Morgan fingerprint density at radius 3 is 1.79 bits per heavy atom. The lowest BCUT2D eigenvalue weighted by molar-refractivity contribution is 0.320. The molecule has 24 heavy (non-hydrogen) atoms. The van der Waals surface area contributed by atoms with Crippen LogP contribution >= 0.6 is 0 Å². The third kappa shape index (κ3) is 3.86. The van der Waals surface area contributed by atoms with Crippen molar-refractivity contribution in [3.63, 3.8) is 0 Å². The molecule has 2 rings (SSSR count). The van der Waals surface area contributed by atoms with E-state index in [-0.39, 0.29) is 11.6 Å². The normalized spacial score (nSPS) is 13.1. The van der Waals surface area contributed by atoms with Crippen LogP contribution in [0.5, 0.6) is 0 Å². The summed E-state index contributed by atoms with van der Waals surface area (Å²) in [7, 11) is -2.46. The predicted octanol–water partition coefficient (Wildman–Crippen LogP) is 3.50. The Labute approximate surface area is 146 Å². The third-order valence-electron chi connectivity index (χ3n) is 4.40. The molecule has 3 heteroatoms. The summed E-state index contributed by atoms with van der Waals surface area (Å²) >= 11 is 0. The van der Waals surface area contributed by atoms with Crippen molar-refractivity contribution in [3.05, 3.63) is 72.3 Å². The zero-order valence-corrected chi connectivity index (χ0v) is 16.1. The van der Waals surface area contributed by atoms with Crippen LogP contribution in [0.3, 0.4) is 0 Å². The molecule has 1 N–H and O–H groups in total. The van der Waals surface area contributed by atoms with Gasteiger partial charge in [0, 0.05) is 0 Å². The van der Waals surface area contributed by atoms with E-state index in [4.69, 9.17) is 4.43 Å². The van der Waals surface area contributed by atoms with Gasteiger partial charge in [-0.05, 0) is 27.9 Å². The Hall–Kier alpha value is -1.68. The van der Waals surface area contributed by atoms with E-state index in [1.165, 1.54) is 10.4 Å². The molecule has 0 atom stereocenters. The predicted molar refractivity (Wildman–Crippen MR) is 104 cm³/mol. The molecule has 0 spiro atoms. The first kappa shape index (κ1) is 18.7. The molecule has 0 fully saturated rings. The second-order valence-electron chi connectivity index (χ2n) is 7.18. The van der Waals surface area contributed by atoms with Gasteiger partial charge in [-0.25, -0.2) is 0 Å². The molecule has 0 aliphatic rings. The molecule has 0 saturated carbocycles. The summed E-state index contributed by atoms with van der Waals surface area (Å²) in [4.78, 5) is 0. The minimum atomic E-state index is -2.46. The molecule has 0 heterocycles. The summed E-state index contributed by atoms with van der Waals surface area (Å²) in [5.74, 6) is 0. The van der Waals surface area contributed by atoms with E-state index in [1.54, 1.807) is 0 Å². The zero-order chi connectivity index (χ0) is 17.6. The van der Waals surface area contributed by atoms with Gasteiger partial charge in [0.15, 0.2) is 0 Å². The minimum Gasteiger partial charge on any atom is -0.404 e. The molecule has 0 saturated heterocycles. The average Bonchev–Trinajstić information content (AvgIpc) is 2.59. The van der Waals surface area contributed by atoms with Gasteiger partial charge in [0.25, 0.3) is 8.32 Å². The molecule has 0 bridgehead atoms. The summed E-state index contributed by atoms with van der Waals surface area (Å²) < 4.78 is 6.69. The van der Waals surface area contributed by atoms with Crippen molar-refractivity contribution in [3.8, 4) is 0 Å². The van der Waals surface area contributed by atoms with Crippen molar-refractivity contribution in [1.29, 1.82) is 0 Å². The van der Waals surface area contributed by atoms with Crippen molar-refractivity contribution in [2.75, 3.05) is 13.2 Å². The first-order valence-electron chi connectivity index (χ1n) is 8.43. The van der Waals surface area contributed by atoms with Crippen LogP contribution in [-0.2, 0) is 4.43 Å². The fourth-order valence-electron chi connectivity index (χ4n) is 3.14. The SMILES string of the molecule is C/C(=C\CO[Si](c1ccccc1)(c1ccccc1)C(C)(C)C)CO. The van der Waals surface area contributed by atoms with Gasteiger partial charge in [-0.3, -0.25) is 0 Å². The molecular weight excluding hydrogens is 312 g/mol. The van der Waals surface area contributed by atoms with Crippen LogP contribution < -0.4 is 10.4 Å². The molecule has 0 unspecified atom stereocenters. The van der Waals surface area contributed by atoms with Crippen molar-refractivity contribution in [2.45, 2.75) is 32.7 Å². The largest absolute Gasteiger partial charge is 0.404 e. The Bertz CT molecular complexity index is 618. The maximum atomic E-state index is 9.25. The molecule has 128 valence electrons. The lowest BCUT2D eigenvalue weighted by Gasteiger charge is -2.42. The van der Waals surface area contributed by atoms with Crippen LogP contribution in [0.25, 0.3) is 0 Å². The van der Waals surface area contributed by atoms with Gasteiger partial charge in [0.2, 0.25) is 0 Å². The van der Waals surface area contributed by atoms with Crippen molar-refractivity contribution >= 4 is 18.7 Å². The number of aliphatic hydroxyl groups excluding tert-OH is 1. The molecule has 0 aromatic heterocycles. The van der Waals surface area contributed by atoms with Gasteiger partial charge in [-0.2, -0.15) is 0 Å². The summed E-state index contributed by atoms with van der Waals surface area (Å²) in [5.41, 5.74) is 0.938. The first-order chi connectivity index (χ1) is 11.4. The van der Waals surface area contributed by atoms with Crippen molar-refractivity contribution in [1.82, 2.24) is 0 Å². The fraction of sp³-hybridized carbons (Fsp3) is 0.333. The zero-order valence-electron chi connectivity index (χ0n) is 15.1. The maximum absolute atomic E-state index is 9.25. The van der Waals surface area contributed by atoms with Crippen LogP contribution in [0.2, 0.25) is 5.04 Å². The van der Waals surface area contributed by atoms with E-state index in [0.717, 1.165) is 5.57 Å². The Morgan fingerprint density at radius 1 is 0.958 bits per heavy atom. The van der Waals surface area contributed by atoms with Gasteiger partial charge in [0.05, 0.1) is 13.2 Å². The van der Waals surface area contributed by atoms with Gasteiger partial charge in [0.1, 0.15) is 0 Å². The van der Waals surface area contributed by atoms with Gasteiger partial charge < -0.3 is 9.53 Å². The van der Waals surface area contributed by atoms with E-state index < -0.39 is 8.32 Å². The number of aliphatic hydroxyl groups is 1. The van der Waals surface area contributed by atoms with E-state index >= 15 is 0 Å². The van der Waals surface area contributed by atoms with Crippen LogP contribution in [-0.4, -0.2) is 26.6 Å². The second-order valence-corrected chi connectivity index (χ2v) is 11.5. The lowest BCUT2D eigenvalue weighted by atomic mass is 10.2. The number of benzene rings is 2. The molecule has 2 nitrogen and oxygen atoms in total. The van der Waals surface area contributed by atoms with E-state index in [1.807, 2.05) is 25.1 Å². The van der Waals surface area contributed by atoms with Crippen LogP contribution in [0, 0.1) is 0 Å². The molecular formula is C21H28O2Si. The molecule has 2 aromatic carbocycles. The summed E-state index contributed by atoms with van der Waals surface area (Å²) in [6.07, 6.45) is 1.99. The van der Waals surface area contributed by atoms with Crippen molar-refractivity contribution < 1.29 is 9.53 Å². The first-order valence-corrected chi connectivity index (χ1v) is 10.3. The Kier molecular flexibility index (Phi) is 6.16. The number of rotatable bonds is 6. The molecule has 0 radical (unpaired) electrons. The smallest absolute Gasteiger partial charge is 0.261 e. The second kappa shape index (κ2) is 7.93. The third-order valence-corrected chi connectivity index (χ3v) is 9.40. The minimum absolute atomic E-state index is 0.0172. The highest BCUT2D eigenvalue weighted by Gasteiger charge is 2.49. The number of hydrogen-bond acceptors (Lipinski definition) is 2. The standard InChI is InChI=1S/C21H28O2Si/c1-18(17-22)15-16-23-24(21(2,3)4,19-11-7-5-8-12-19)20-13-9-6-10-14-20/h5-15,22H,16-17H2,1-4H3/b18-15+. The molecule has 2 aromatic rings. The highest BCUT2D eigenvalue weighted by molar-refractivity contribution is 6.99. The maximum Gasteiger partial charge on any atom is 0.261 e. The highest BCUT2D eigenvalue weighted by Crippen LogP contribution is 2.36. The fourth-order valence-corrected chi connectivity index (χ4v) is 7.62. The Morgan fingerprint density at radius 2 is 1.42 bits per heavy atom. The van der Waals surface area contributed by atoms with Gasteiger partial charge in [-0.1, -0.05) is 87.5 Å². The van der Waals surface area contributed by atoms with Crippen LogP contribution in [0.15, 0.2) is 72.3 Å². The summed E-state index contributed by atoms with van der Waals surface area (Å²) in [6.45, 7) is 9.31. The molecule has 0 aliphatic heterocycles. The Balaban J connectivity index is 2.57. The van der Waals surface area contributed by atoms with E-state index in [0.29, 0.717) is 6.61 Å². The molecule has 0 amide bonds. The van der Waals surface area contributed by atoms with Gasteiger partial charge >= 0.3 is 0 Å². The monoisotopic (exact) mass is 340 g/mol. The highest BCUT2D eigenvalue weighted by atomic mass is 28.4. The van der Waals surface area contributed by atoms with E-state index in [9.17, 15) is 5.11 Å². The topological polar surface area (TPSA) is 29.5 Å². The quantitative estimate of drug-likeness (QED) is 0.644.